The van der Waals surface area contributed by atoms with Gasteiger partial charge in [0, 0.05) is 29.8 Å². The van der Waals surface area contributed by atoms with Crippen LogP contribution < -0.4 is 4.72 Å². The molecule has 0 saturated heterocycles. The van der Waals surface area contributed by atoms with Gasteiger partial charge in [0.25, 0.3) is 11.6 Å². The van der Waals surface area contributed by atoms with Crippen molar-refractivity contribution in [2.75, 3.05) is 11.0 Å². The number of carbonyl (C=O) groups excluding carboxylic acids is 1. The molecule has 0 unspecified atom stereocenters. The van der Waals surface area contributed by atoms with Crippen LogP contribution in [0.1, 0.15) is 34.1 Å². The van der Waals surface area contributed by atoms with Crippen LogP contribution in [0.25, 0.3) is 0 Å². The van der Waals surface area contributed by atoms with Crippen molar-refractivity contribution in [1.29, 1.82) is 0 Å². The van der Waals surface area contributed by atoms with E-state index in [1.807, 2.05) is 0 Å². The monoisotopic (exact) mass is 454 g/mol. The Bertz CT molecular complexity index is 1300. The molecule has 0 spiro atoms. The maximum absolute atomic E-state index is 13.2. The van der Waals surface area contributed by atoms with Gasteiger partial charge in [-0.05, 0) is 35.9 Å². The van der Waals surface area contributed by atoms with Gasteiger partial charge < -0.3 is 4.42 Å². The molecule has 2 heterocycles. The van der Waals surface area contributed by atoms with Crippen LogP contribution in [0.2, 0.25) is 0 Å². The zero-order valence-corrected chi connectivity index (χ0v) is 17.7. The van der Waals surface area contributed by atoms with Gasteiger partial charge in [-0.3, -0.25) is 19.6 Å². The van der Waals surface area contributed by atoms with Crippen LogP contribution in [0.5, 0.6) is 0 Å². The zero-order valence-electron chi connectivity index (χ0n) is 16.8. The summed E-state index contributed by atoms with van der Waals surface area (Å²) < 4.78 is 30.7. The van der Waals surface area contributed by atoms with Crippen LogP contribution in [-0.2, 0) is 10.0 Å². The van der Waals surface area contributed by atoms with E-state index in [1.165, 1.54) is 35.5 Å². The van der Waals surface area contributed by atoms with Gasteiger partial charge in [0.1, 0.15) is 11.8 Å². The molecule has 1 atom stereocenters. The van der Waals surface area contributed by atoms with E-state index in [9.17, 15) is 23.3 Å². The van der Waals surface area contributed by atoms with Crippen molar-refractivity contribution in [1.82, 2.24) is 5.01 Å². The molecule has 0 saturated carbocycles. The van der Waals surface area contributed by atoms with Gasteiger partial charge in [0.05, 0.1) is 23.2 Å². The van der Waals surface area contributed by atoms with Crippen molar-refractivity contribution in [3.63, 3.8) is 0 Å². The van der Waals surface area contributed by atoms with Gasteiger partial charge in [0.2, 0.25) is 10.0 Å². The molecule has 1 aromatic heterocycles. The molecule has 1 aliphatic rings. The number of amides is 1. The summed E-state index contributed by atoms with van der Waals surface area (Å²) in [6, 6.07) is 15.0. The fourth-order valence-electron chi connectivity index (χ4n) is 3.40. The number of carbonyl (C=O) groups is 1. The molecule has 3 aromatic rings. The Kier molecular flexibility index (Phi) is 5.49. The van der Waals surface area contributed by atoms with Crippen LogP contribution in [0.4, 0.5) is 11.4 Å². The van der Waals surface area contributed by atoms with E-state index in [1.54, 1.807) is 36.4 Å². The topological polar surface area (TPSA) is 135 Å². The number of rotatable bonds is 6. The number of nitro benzene ring substituents is 1. The third-order valence-corrected chi connectivity index (χ3v) is 5.42. The molecule has 1 amide bonds. The number of sulfonamides is 1. The maximum Gasteiger partial charge on any atom is 0.274 e. The number of hydrogen-bond donors (Lipinski definition) is 1. The summed E-state index contributed by atoms with van der Waals surface area (Å²) in [6.45, 7) is 0. The van der Waals surface area contributed by atoms with Crippen molar-refractivity contribution in [2.45, 2.75) is 12.5 Å². The summed E-state index contributed by atoms with van der Waals surface area (Å²) >= 11 is 0. The number of hydrogen-bond acceptors (Lipinski definition) is 7. The quantitative estimate of drug-likeness (QED) is 0.447. The lowest BCUT2D eigenvalue weighted by Gasteiger charge is -2.19. The Morgan fingerprint density at radius 2 is 1.94 bits per heavy atom. The number of nitrogens with one attached hydrogen (secondary N) is 1. The number of anilines is 1. The van der Waals surface area contributed by atoms with Crippen LogP contribution in [-0.4, -0.2) is 36.2 Å². The highest BCUT2D eigenvalue weighted by Gasteiger charge is 2.35. The summed E-state index contributed by atoms with van der Waals surface area (Å²) in [5.41, 5.74) is 1.64. The van der Waals surface area contributed by atoms with Gasteiger partial charge in [-0.2, -0.15) is 5.10 Å². The second-order valence-electron chi connectivity index (χ2n) is 7.19. The van der Waals surface area contributed by atoms with Crippen molar-refractivity contribution in [3.8, 4) is 0 Å². The molecule has 0 radical (unpaired) electrons. The summed E-state index contributed by atoms with van der Waals surface area (Å²) in [5, 5.41) is 16.8. The third-order valence-electron chi connectivity index (χ3n) is 4.82. The fraction of sp³-hybridized carbons (Fsp3) is 0.143. The number of furan rings is 1. The normalized spacial score (nSPS) is 16.0. The molecule has 32 heavy (non-hydrogen) atoms. The Balaban J connectivity index is 1.67. The van der Waals surface area contributed by atoms with E-state index in [0.717, 1.165) is 6.26 Å². The summed E-state index contributed by atoms with van der Waals surface area (Å²) in [6.07, 6.45) is 2.91. The van der Waals surface area contributed by atoms with Gasteiger partial charge in [-0.25, -0.2) is 13.4 Å². The highest BCUT2D eigenvalue weighted by Crippen LogP contribution is 2.34. The van der Waals surface area contributed by atoms with Crippen molar-refractivity contribution in [3.05, 3.63) is 93.9 Å². The van der Waals surface area contributed by atoms with Crippen molar-refractivity contribution >= 4 is 33.0 Å². The van der Waals surface area contributed by atoms with Crippen LogP contribution in [0.3, 0.4) is 0 Å². The maximum atomic E-state index is 13.2. The molecule has 0 bridgehead atoms. The first kappa shape index (κ1) is 21.2. The second kappa shape index (κ2) is 8.27. The predicted molar refractivity (Wildman–Crippen MR) is 117 cm³/mol. The van der Waals surface area contributed by atoms with Gasteiger partial charge in [-0.1, -0.05) is 18.2 Å². The van der Waals surface area contributed by atoms with E-state index >= 15 is 0 Å². The van der Waals surface area contributed by atoms with E-state index in [2.05, 4.69) is 9.82 Å². The van der Waals surface area contributed by atoms with Crippen molar-refractivity contribution < 1.29 is 22.6 Å². The first-order chi connectivity index (χ1) is 15.2. The molecular formula is C21H18N4O6S. The minimum atomic E-state index is -3.40. The highest BCUT2D eigenvalue weighted by molar-refractivity contribution is 7.92. The molecule has 2 aromatic carbocycles. The average molecular weight is 454 g/mol. The SMILES string of the molecule is CS(=O)(=O)Nc1ccc(C2=NN(C(=O)c3cccc([N+](=O)[O-])c3)[C@@H](c3ccco3)C2)cc1. The molecule has 10 nitrogen and oxygen atoms in total. The minimum Gasteiger partial charge on any atom is -0.467 e. The highest BCUT2D eigenvalue weighted by atomic mass is 32.2. The second-order valence-corrected chi connectivity index (χ2v) is 8.94. The number of benzene rings is 2. The van der Waals surface area contributed by atoms with Crippen LogP contribution in [0.15, 0.2) is 76.4 Å². The largest absolute Gasteiger partial charge is 0.467 e. The first-order valence-corrected chi connectivity index (χ1v) is 11.4. The fourth-order valence-corrected chi connectivity index (χ4v) is 3.97. The lowest BCUT2D eigenvalue weighted by Crippen LogP contribution is -2.26. The molecule has 1 aliphatic heterocycles. The van der Waals surface area contributed by atoms with E-state index < -0.39 is 26.9 Å². The Hall–Kier alpha value is -3.99. The number of nitrogens with zero attached hydrogens (tertiary/aromatic N) is 3. The lowest BCUT2D eigenvalue weighted by molar-refractivity contribution is -0.384. The van der Waals surface area contributed by atoms with Gasteiger partial charge >= 0.3 is 0 Å². The van der Waals surface area contributed by atoms with Crippen molar-refractivity contribution in [2.24, 2.45) is 5.10 Å². The summed E-state index contributed by atoms with van der Waals surface area (Å²) in [5.74, 6) is 0.0263. The Morgan fingerprint density at radius 1 is 1.19 bits per heavy atom. The Labute approximate surface area is 183 Å². The number of hydrazone groups is 1. The molecule has 0 fully saturated rings. The zero-order chi connectivity index (χ0) is 22.9. The minimum absolute atomic E-state index is 0.133. The van der Waals surface area contributed by atoms with E-state index in [-0.39, 0.29) is 11.3 Å². The Morgan fingerprint density at radius 3 is 2.56 bits per heavy atom. The summed E-state index contributed by atoms with van der Waals surface area (Å²) in [4.78, 5) is 23.7. The molecule has 11 heteroatoms. The lowest BCUT2D eigenvalue weighted by atomic mass is 10.0. The molecular weight excluding hydrogens is 436 g/mol. The van der Waals surface area contributed by atoms with E-state index in [4.69, 9.17) is 4.42 Å². The van der Waals surface area contributed by atoms with Crippen LogP contribution >= 0.6 is 0 Å². The van der Waals surface area contributed by atoms with Crippen LogP contribution in [0, 0.1) is 10.1 Å². The number of nitro groups is 1. The average Bonchev–Trinajstić information content (AvgIpc) is 3.42. The molecule has 1 N–H and O–H groups in total. The van der Waals surface area contributed by atoms with Gasteiger partial charge in [-0.15, -0.1) is 0 Å². The van der Waals surface area contributed by atoms with E-state index in [0.29, 0.717) is 29.1 Å². The smallest absolute Gasteiger partial charge is 0.274 e. The number of non-ortho nitro benzene ring substituents is 1. The molecule has 164 valence electrons. The molecule has 0 aliphatic carbocycles. The summed E-state index contributed by atoms with van der Waals surface area (Å²) in [7, 11) is -3.40. The molecule has 4 rings (SSSR count). The predicted octanol–water partition coefficient (Wildman–Crippen LogP) is 3.55. The standard InChI is InChI=1S/C21H18N4O6S/c1-32(29,30)23-16-9-7-14(8-10-16)18-13-19(20-6-3-11-31-20)24(22-18)21(26)15-4-2-5-17(12-15)25(27)28/h2-12,19,23H,13H2,1H3/t19-/m1/s1. The third kappa shape index (κ3) is 4.52. The van der Waals surface area contributed by atoms with Gasteiger partial charge in [0.15, 0.2) is 0 Å². The first-order valence-electron chi connectivity index (χ1n) is 9.48.